The quantitative estimate of drug-likeness (QED) is 0.416. The maximum absolute atomic E-state index is 6.45. The number of hydrogen-bond acceptors (Lipinski definition) is 1. The average Bonchev–Trinajstić information content (AvgIpc) is 2.91. The molecule has 0 N–H and O–H groups in total. The van der Waals surface area contributed by atoms with E-state index in [4.69, 9.17) is 4.43 Å². The Bertz CT molecular complexity index is 255. The van der Waals surface area contributed by atoms with Gasteiger partial charge in [-0.3, -0.25) is 0 Å². The van der Waals surface area contributed by atoms with Crippen LogP contribution in [0.25, 0.3) is 0 Å². The van der Waals surface area contributed by atoms with E-state index in [1.54, 1.807) is 0 Å². The lowest BCUT2D eigenvalue weighted by molar-refractivity contribution is -0.821. The molecule has 2 aliphatic rings. The summed E-state index contributed by atoms with van der Waals surface area (Å²) < 4.78 is 7.86. The number of piperidine rings is 1. The molecule has 0 amide bonds. The van der Waals surface area contributed by atoms with E-state index < -0.39 is 8.32 Å². The van der Waals surface area contributed by atoms with Crippen molar-refractivity contribution in [3.8, 4) is 0 Å². The highest BCUT2D eigenvalue weighted by molar-refractivity contribution is 6.69. The van der Waals surface area contributed by atoms with E-state index in [2.05, 4.69) is 26.6 Å². The minimum Gasteiger partial charge on any atom is -0.408 e. The minimum absolute atomic E-state index is 0.560. The molecule has 0 unspecified atom stereocenters. The minimum atomic E-state index is -1.37. The Kier molecular flexibility index (Phi) is 4.01. The Hall–Kier alpha value is 0.137. The molecule has 0 aromatic rings. The maximum Gasteiger partial charge on any atom is 0.184 e. The summed E-state index contributed by atoms with van der Waals surface area (Å²) in [6.45, 7) is 13.6. The molecule has 0 aromatic carbocycles. The number of quaternary nitrogens is 1. The molecule has 2 atom stereocenters. The first-order valence-electron chi connectivity index (χ1n) is 7.50. The molecule has 2 aliphatic heterocycles. The Morgan fingerprint density at radius 1 is 1.18 bits per heavy atom. The van der Waals surface area contributed by atoms with Crippen molar-refractivity contribution in [3.05, 3.63) is 0 Å². The highest BCUT2D eigenvalue weighted by Crippen LogP contribution is 2.40. The van der Waals surface area contributed by atoms with Gasteiger partial charge in [-0.05, 0) is 45.3 Å². The molecule has 17 heavy (non-hydrogen) atoms. The second kappa shape index (κ2) is 5.02. The van der Waals surface area contributed by atoms with E-state index in [0.717, 1.165) is 6.04 Å². The molecule has 100 valence electrons. The molecule has 2 rings (SSSR count). The maximum atomic E-state index is 6.45. The molecule has 2 saturated heterocycles. The molecule has 2 nitrogen and oxygen atoms in total. The molecule has 0 saturated carbocycles. The van der Waals surface area contributed by atoms with Gasteiger partial charge in [0.15, 0.2) is 14.4 Å². The van der Waals surface area contributed by atoms with Crippen molar-refractivity contribution >= 4 is 8.32 Å². The van der Waals surface area contributed by atoms with Crippen LogP contribution in [0.1, 0.15) is 39.0 Å². The van der Waals surface area contributed by atoms with E-state index in [0.29, 0.717) is 6.10 Å². The number of hydrogen-bond donors (Lipinski definition) is 0. The fourth-order valence-corrected chi connectivity index (χ4v) is 4.70. The Balaban J connectivity index is 1.94. The van der Waals surface area contributed by atoms with Crippen LogP contribution in [0.3, 0.4) is 0 Å². The van der Waals surface area contributed by atoms with E-state index in [1.807, 2.05) is 0 Å². The number of nitrogens with zero attached hydrogens (tertiary/aromatic N) is 1. The third kappa shape index (κ3) is 3.33. The SMILES string of the molecule is CCC[C@@H](O[Si](C)(C)C)[C@@H]1C[N+]12CCCCC2. The van der Waals surface area contributed by atoms with Gasteiger partial charge in [0, 0.05) is 0 Å². The zero-order chi connectivity index (χ0) is 12.5. The highest BCUT2D eigenvalue weighted by atomic mass is 28.4. The fraction of sp³-hybridized carbons (Fsp3) is 1.00. The van der Waals surface area contributed by atoms with Gasteiger partial charge in [-0.1, -0.05) is 13.3 Å². The van der Waals surface area contributed by atoms with E-state index in [1.165, 1.54) is 56.2 Å². The van der Waals surface area contributed by atoms with Crippen LogP contribution in [0, 0.1) is 0 Å². The van der Waals surface area contributed by atoms with Gasteiger partial charge in [0.05, 0.1) is 13.1 Å². The molecule has 2 heterocycles. The molecule has 0 aliphatic carbocycles. The van der Waals surface area contributed by atoms with Crippen molar-refractivity contribution in [2.45, 2.75) is 70.8 Å². The zero-order valence-corrected chi connectivity index (χ0v) is 13.2. The summed E-state index contributed by atoms with van der Waals surface area (Å²) in [5.41, 5.74) is 0. The fourth-order valence-electron chi connectivity index (χ4n) is 3.52. The summed E-state index contributed by atoms with van der Waals surface area (Å²) in [7, 11) is -1.37. The predicted octanol–water partition coefficient (Wildman–Crippen LogP) is 3.39. The summed E-state index contributed by atoms with van der Waals surface area (Å²) in [6.07, 6.45) is 7.45. The van der Waals surface area contributed by atoms with Gasteiger partial charge in [-0.2, -0.15) is 0 Å². The van der Waals surface area contributed by atoms with Crippen molar-refractivity contribution in [2.75, 3.05) is 19.6 Å². The third-order valence-electron chi connectivity index (χ3n) is 4.33. The first kappa shape index (κ1) is 13.6. The van der Waals surface area contributed by atoms with E-state index in [9.17, 15) is 0 Å². The van der Waals surface area contributed by atoms with Gasteiger partial charge >= 0.3 is 0 Å². The van der Waals surface area contributed by atoms with E-state index >= 15 is 0 Å². The van der Waals surface area contributed by atoms with Crippen LogP contribution in [0.4, 0.5) is 0 Å². The van der Waals surface area contributed by atoms with Crippen molar-refractivity contribution in [3.63, 3.8) is 0 Å². The van der Waals surface area contributed by atoms with Gasteiger partial charge < -0.3 is 8.91 Å². The first-order chi connectivity index (χ1) is 7.97. The summed E-state index contributed by atoms with van der Waals surface area (Å²) in [5.74, 6) is 0. The Labute approximate surface area is 108 Å². The number of rotatable bonds is 5. The average molecular weight is 256 g/mol. The van der Waals surface area contributed by atoms with Crippen molar-refractivity contribution < 1.29 is 8.91 Å². The van der Waals surface area contributed by atoms with E-state index in [-0.39, 0.29) is 0 Å². The largest absolute Gasteiger partial charge is 0.408 e. The molecule has 0 bridgehead atoms. The van der Waals surface area contributed by atoms with Crippen molar-refractivity contribution in [1.82, 2.24) is 0 Å². The first-order valence-corrected chi connectivity index (χ1v) is 10.9. The summed E-state index contributed by atoms with van der Waals surface area (Å²) in [6, 6.07) is 0.849. The van der Waals surface area contributed by atoms with Crippen LogP contribution in [0.15, 0.2) is 0 Å². The molecular formula is C14H30NOSi+. The Morgan fingerprint density at radius 2 is 1.82 bits per heavy atom. The lowest BCUT2D eigenvalue weighted by atomic mass is 10.1. The lowest BCUT2D eigenvalue weighted by Gasteiger charge is -2.30. The highest BCUT2D eigenvalue weighted by Gasteiger charge is 2.59. The van der Waals surface area contributed by atoms with Gasteiger partial charge in [-0.25, -0.2) is 0 Å². The molecule has 2 fully saturated rings. The molecule has 1 spiro atoms. The van der Waals surface area contributed by atoms with Gasteiger partial charge in [0.25, 0.3) is 0 Å². The Morgan fingerprint density at radius 3 is 2.35 bits per heavy atom. The van der Waals surface area contributed by atoms with Gasteiger partial charge in [-0.15, -0.1) is 0 Å². The van der Waals surface area contributed by atoms with Gasteiger partial charge in [0.2, 0.25) is 0 Å². The summed E-state index contributed by atoms with van der Waals surface area (Å²) in [5, 5.41) is 0. The van der Waals surface area contributed by atoms with Crippen molar-refractivity contribution in [1.29, 1.82) is 0 Å². The molecule has 0 radical (unpaired) electrons. The molecule has 0 aromatic heterocycles. The monoisotopic (exact) mass is 256 g/mol. The third-order valence-corrected chi connectivity index (χ3v) is 5.34. The second-order valence-corrected chi connectivity index (χ2v) is 11.5. The van der Waals surface area contributed by atoms with Crippen LogP contribution >= 0.6 is 0 Å². The molecule has 3 heteroatoms. The predicted molar refractivity (Wildman–Crippen MR) is 75.6 cm³/mol. The second-order valence-electron chi connectivity index (χ2n) is 7.03. The zero-order valence-electron chi connectivity index (χ0n) is 12.2. The van der Waals surface area contributed by atoms with Crippen molar-refractivity contribution in [2.24, 2.45) is 0 Å². The van der Waals surface area contributed by atoms with Gasteiger partial charge in [0.1, 0.15) is 12.6 Å². The van der Waals surface area contributed by atoms with Crippen LogP contribution < -0.4 is 0 Å². The van der Waals surface area contributed by atoms with Crippen LogP contribution in [-0.4, -0.2) is 44.6 Å². The summed E-state index contributed by atoms with van der Waals surface area (Å²) >= 11 is 0. The molecular weight excluding hydrogens is 226 g/mol. The normalized spacial score (nSPS) is 29.3. The topological polar surface area (TPSA) is 9.23 Å². The van der Waals surface area contributed by atoms with Crippen LogP contribution in [0.5, 0.6) is 0 Å². The summed E-state index contributed by atoms with van der Waals surface area (Å²) in [4.78, 5) is 0. The standard InChI is InChI=1S/C14H30NOSi/c1-5-9-14(16-17(2,3)4)13-12-15(13)10-7-6-8-11-15/h13-14H,5-12H2,1-4H3/q+1/t13-,14+/m0/s1. The van der Waals surface area contributed by atoms with Crippen LogP contribution in [0.2, 0.25) is 19.6 Å². The lowest BCUT2D eigenvalue weighted by Crippen LogP contribution is -2.42. The van der Waals surface area contributed by atoms with Crippen LogP contribution in [-0.2, 0) is 4.43 Å². The smallest absolute Gasteiger partial charge is 0.184 e.